The number of hydrogen-bond acceptors (Lipinski definition) is 0. The molecule has 1 aromatic rings. The summed E-state index contributed by atoms with van der Waals surface area (Å²) < 4.78 is 4.18. The van der Waals surface area contributed by atoms with Crippen LogP contribution in [0, 0.1) is 10.7 Å². The maximum Gasteiger partial charge on any atom is 0.0397 e. The Bertz CT molecular complexity index is 263. The highest BCUT2D eigenvalue weighted by Gasteiger charge is 2.03. The quantitative estimate of drug-likeness (QED) is 0.324. The summed E-state index contributed by atoms with van der Waals surface area (Å²) in [6.45, 7) is 0. The molecular formula is C8H9I3Si. The molecule has 0 N–H and O–H groups in total. The van der Waals surface area contributed by atoms with Crippen LogP contribution in [-0.4, -0.2) is 10.2 Å². The summed E-state index contributed by atoms with van der Waals surface area (Å²) in [7, 11) is 1.31. The van der Waals surface area contributed by atoms with E-state index in [4.69, 9.17) is 0 Å². The summed E-state index contributed by atoms with van der Waals surface area (Å²) in [4.78, 5) is 0. The Labute approximate surface area is 117 Å². The average Bonchev–Trinajstić information content (AvgIpc) is 2.01. The second kappa shape index (κ2) is 5.49. The Morgan fingerprint density at radius 3 is 2.00 bits per heavy atom. The average molecular weight is 514 g/mol. The molecule has 66 valence electrons. The second-order valence-electron chi connectivity index (χ2n) is 2.62. The van der Waals surface area contributed by atoms with Crippen molar-refractivity contribution in [3.05, 3.63) is 28.4 Å². The molecular weight excluding hydrogens is 505 g/mol. The van der Waals surface area contributed by atoms with E-state index in [1.165, 1.54) is 39.0 Å². The molecule has 1 aromatic carbocycles. The van der Waals surface area contributed by atoms with Gasteiger partial charge in [0.25, 0.3) is 0 Å². The minimum atomic E-state index is 1.26. The summed E-state index contributed by atoms with van der Waals surface area (Å²) in [5, 5.41) is 0. The van der Waals surface area contributed by atoms with Crippen LogP contribution in [0.15, 0.2) is 12.1 Å². The molecule has 0 spiro atoms. The van der Waals surface area contributed by atoms with Crippen LogP contribution in [0.3, 0.4) is 0 Å². The molecule has 0 saturated heterocycles. The Balaban J connectivity index is 3.04. The molecule has 4 heteroatoms. The van der Waals surface area contributed by atoms with Gasteiger partial charge in [-0.05, 0) is 91.9 Å². The highest BCUT2D eigenvalue weighted by atomic mass is 127. The monoisotopic (exact) mass is 514 g/mol. The van der Waals surface area contributed by atoms with Gasteiger partial charge in [-0.1, -0.05) is 6.04 Å². The molecule has 0 amide bonds. The normalized spacial score (nSPS) is 10.6. The van der Waals surface area contributed by atoms with Crippen LogP contribution in [0.25, 0.3) is 0 Å². The van der Waals surface area contributed by atoms with Crippen molar-refractivity contribution in [2.45, 2.75) is 12.5 Å². The maximum absolute atomic E-state index is 2.41. The minimum absolute atomic E-state index is 1.26. The van der Waals surface area contributed by atoms with Gasteiger partial charge in [0.1, 0.15) is 0 Å². The first-order valence-corrected chi connectivity index (χ1v) is 8.43. The molecule has 0 atom stereocenters. The molecule has 0 radical (unpaired) electrons. The van der Waals surface area contributed by atoms with E-state index in [0.717, 1.165) is 0 Å². The maximum atomic E-state index is 2.41. The third-order valence-corrected chi connectivity index (χ3v) is 7.01. The van der Waals surface area contributed by atoms with E-state index in [-0.39, 0.29) is 0 Å². The molecule has 0 bridgehead atoms. The van der Waals surface area contributed by atoms with Crippen molar-refractivity contribution in [3.8, 4) is 0 Å². The summed E-state index contributed by atoms with van der Waals surface area (Å²) in [6.07, 6.45) is 1.26. The van der Waals surface area contributed by atoms with Crippen molar-refractivity contribution in [1.82, 2.24) is 0 Å². The zero-order chi connectivity index (χ0) is 9.14. The molecule has 0 fully saturated rings. The number of benzene rings is 1. The Hall–Kier alpha value is 1.63. The van der Waals surface area contributed by atoms with E-state index < -0.39 is 0 Å². The third kappa shape index (κ3) is 3.09. The Morgan fingerprint density at radius 2 is 1.58 bits per heavy atom. The Morgan fingerprint density at radius 1 is 1.08 bits per heavy atom. The largest absolute Gasteiger partial charge is 0.0619 e. The first-order chi connectivity index (χ1) is 5.65. The molecule has 0 aliphatic rings. The van der Waals surface area contributed by atoms with Crippen molar-refractivity contribution < 1.29 is 0 Å². The lowest BCUT2D eigenvalue weighted by Crippen LogP contribution is -1.91. The van der Waals surface area contributed by atoms with Gasteiger partial charge in [-0.3, -0.25) is 0 Å². The van der Waals surface area contributed by atoms with Gasteiger partial charge in [0.15, 0.2) is 0 Å². The number of hydrogen-bond donors (Lipinski definition) is 0. The van der Waals surface area contributed by atoms with Crippen LogP contribution < -0.4 is 0 Å². The van der Waals surface area contributed by atoms with Crippen molar-refractivity contribution in [3.63, 3.8) is 0 Å². The van der Waals surface area contributed by atoms with E-state index in [1.807, 2.05) is 0 Å². The lowest BCUT2D eigenvalue weighted by Gasteiger charge is -2.04. The lowest BCUT2D eigenvalue weighted by molar-refractivity contribution is 1.12. The first-order valence-electron chi connectivity index (χ1n) is 3.78. The molecule has 1 rings (SSSR count). The molecule has 0 aliphatic heterocycles. The van der Waals surface area contributed by atoms with Gasteiger partial charge < -0.3 is 0 Å². The highest BCUT2D eigenvalue weighted by Crippen LogP contribution is 2.23. The smallest absolute Gasteiger partial charge is 0.0397 e. The predicted molar refractivity (Wildman–Crippen MR) is 83.0 cm³/mol. The van der Waals surface area contributed by atoms with Crippen LogP contribution in [0.4, 0.5) is 0 Å². The third-order valence-electron chi connectivity index (χ3n) is 1.58. The summed E-state index contributed by atoms with van der Waals surface area (Å²) in [5.74, 6) is 0. The standard InChI is InChI=1S/C8H9I3Si/c9-6-3-5(1-2-12)4-7(10)8(6)11/h3-4H,1-2H2,12H3. The summed E-state index contributed by atoms with van der Waals surface area (Å²) in [5.41, 5.74) is 1.50. The fraction of sp³-hybridized carbons (Fsp3) is 0.250. The number of aryl methyl sites for hydroxylation is 1. The summed E-state index contributed by atoms with van der Waals surface area (Å²) in [6, 6.07) is 5.98. The van der Waals surface area contributed by atoms with Crippen LogP contribution in [0.2, 0.25) is 6.04 Å². The number of halogens is 3. The van der Waals surface area contributed by atoms with Crippen LogP contribution >= 0.6 is 67.8 Å². The van der Waals surface area contributed by atoms with Crippen molar-refractivity contribution in [2.24, 2.45) is 0 Å². The molecule has 12 heavy (non-hydrogen) atoms. The van der Waals surface area contributed by atoms with Crippen molar-refractivity contribution in [2.75, 3.05) is 0 Å². The SMILES string of the molecule is [SiH3]CCc1cc(I)c(I)c(I)c1. The first kappa shape index (κ1) is 11.7. The van der Waals surface area contributed by atoms with E-state index >= 15 is 0 Å². The zero-order valence-corrected chi connectivity index (χ0v) is 15.2. The summed E-state index contributed by atoms with van der Waals surface area (Å²) >= 11 is 7.24. The lowest BCUT2D eigenvalue weighted by atomic mass is 10.2. The van der Waals surface area contributed by atoms with E-state index in [0.29, 0.717) is 0 Å². The zero-order valence-electron chi connectivity index (χ0n) is 6.70. The van der Waals surface area contributed by atoms with Gasteiger partial charge in [0.05, 0.1) is 0 Å². The highest BCUT2D eigenvalue weighted by molar-refractivity contribution is 14.1. The van der Waals surface area contributed by atoms with Gasteiger partial charge in [-0.2, -0.15) is 0 Å². The molecule has 0 unspecified atom stereocenters. The van der Waals surface area contributed by atoms with Crippen molar-refractivity contribution >= 4 is 78.0 Å². The predicted octanol–water partition coefficient (Wildman–Crippen LogP) is 2.83. The van der Waals surface area contributed by atoms with E-state index in [2.05, 4.69) is 79.9 Å². The fourth-order valence-corrected chi connectivity index (χ4v) is 3.83. The fourth-order valence-electron chi connectivity index (χ4n) is 1.04. The molecule has 0 nitrogen and oxygen atoms in total. The molecule has 0 saturated carbocycles. The number of rotatable bonds is 2. The Kier molecular flexibility index (Phi) is 5.36. The van der Waals surface area contributed by atoms with Gasteiger partial charge >= 0.3 is 0 Å². The topological polar surface area (TPSA) is 0 Å². The van der Waals surface area contributed by atoms with Crippen LogP contribution in [-0.2, 0) is 6.42 Å². The van der Waals surface area contributed by atoms with Crippen LogP contribution in [0.5, 0.6) is 0 Å². The van der Waals surface area contributed by atoms with Crippen molar-refractivity contribution in [1.29, 1.82) is 0 Å². The van der Waals surface area contributed by atoms with Gasteiger partial charge in [0.2, 0.25) is 0 Å². The molecule has 0 heterocycles. The van der Waals surface area contributed by atoms with Gasteiger partial charge in [0, 0.05) is 21.0 Å². The molecule has 0 aromatic heterocycles. The van der Waals surface area contributed by atoms with E-state index in [9.17, 15) is 0 Å². The van der Waals surface area contributed by atoms with Gasteiger partial charge in [-0.25, -0.2) is 0 Å². The minimum Gasteiger partial charge on any atom is -0.0619 e. The second-order valence-corrected chi connectivity index (χ2v) is 7.03. The van der Waals surface area contributed by atoms with E-state index in [1.54, 1.807) is 0 Å². The molecule has 0 aliphatic carbocycles. The van der Waals surface area contributed by atoms with Gasteiger partial charge in [-0.15, -0.1) is 0 Å². The van der Waals surface area contributed by atoms with Crippen LogP contribution in [0.1, 0.15) is 5.56 Å².